The number of hydrogen-bond acceptors (Lipinski definition) is 4. The summed E-state index contributed by atoms with van der Waals surface area (Å²) >= 11 is 0. The van der Waals surface area contributed by atoms with E-state index in [4.69, 9.17) is 10.5 Å². The molecule has 0 aliphatic heterocycles. The number of Topliss-reactive ketones (excluding diaryl/α,β-unsaturated/α-hetero) is 1. The molecule has 1 heterocycles. The number of aromatic nitrogens is 2. The summed E-state index contributed by atoms with van der Waals surface area (Å²) < 4.78 is 6.86. The first-order valence-electron chi connectivity index (χ1n) is 5.81. The first-order chi connectivity index (χ1) is 7.90. The second kappa shape index (κ2) is 5.31. The van der Waals surface area contributed by atoms with Crippen molar-refractivity contribution in [1.82, 2.24) is 9.78 Å². The van der Waals surface area contributed by atoms with Crippen LogP contribution in [0.1, 0.15) is 44.2 Å². The topological polar surface area (TPSA) is 70.1 Å². The average Bonchev–Trinajstić information content (AvgIpc) is 2.70. The lowest BCUT2D eigenvalue weighted by atomic mass is 9.96. The van der Waals surface area contributed by atoms with Crippen molar-refractivity contribution in [3.63, 3.8) is 0 Å². The normalized spacial score (nSPS) is 14.8. The number of ketones is 1. The molecule has 1 aromatic heterocycles. The van der Waals surface area contributed by atoms with Crippen molar-refractivity contribution >= 4 is 5.78 Å². The van der Waals surface area contributed by atoms with E-state index in [0.29, 0.717) is 11.4 Å². The lowest BCUT2D eigenvalue weighted by Gasteiger charge is -2.17. The molecule has 0 saturated heterocycles. The number of nitrogens with zero attached hydrogens (tertiary/aromatic N) is 2. The molecule has 2 unspecified atom stereocenters. The highest BCUT2D eigenvalue weighted by atomic mass is 16.5. The minimum Gasteiger partial charge on any atom is -0.493 e. The minimum atomic E-state index is -0.252. The fourth-order valence-electron chi connectivity index (χ4n) is 1.58. The number of ether oxygens (including phenoxy) is 1. The van der Waals surface area contributed by atoms with Gasteiger partial charge in [0.25, 0.3) is 0 Å². The summed E-state index contributed by atoms with van der Waals surface area (Å²) in [6, 6.07) is -0.0825. The van der Waals surface area contributed by atoms with Crippen molar-refractivity contribution in [2.24, 2.45) is 11.7 Å². The minimum absolute atomic E-state index is 0.0250. The highest BCUT2D eigenvalue weighted by Gasteiger charge is 2.27. The fraction of sp³-hybridized carbons (Fsp3) is 0.667. The maximum Gasteiger partial charge on any atom is 0.189 e. The van der Waals surface area contributed by atoms with Crippen LogP contribution in [0.2, 0.25) is 0 Å². The summed E-state index contributed by atoms with van der Waals surface area (Å²) in [6.07, 6.45) is 1.57. The smallest absolute Gasteiger partial charge is 0.189 e. The summed E-state index contributed by atoms with van der Waals surface area (Å²) in [4.78, 5) is 12.3. The van der Waals surface area contributed by atoms with E-state index >= 15 is 0 Å². The molecule has 17 heavy (non-hydrogen) atoms. The Hall–Kier alpha value is -1.36. The van der Waals surface area contributed by atoms with E-state index in [0.717, 1.165) is 0 Å². The number of nitrogens with two attached hydrogens (primary N) is 1. The molecule has 5 nitrogen and oxygen atoms in total. The van der Waals surface area contributed by atoms with E-state index in [9.17, 15) is 4.79 Å². The molecule has 0 radical (unpaired) electrons. The zero-order valence-corrected chi connectivity index (χ0v) is 11.1. The van der Waals surface area contributed by atoms with E-state index in [2.05, 4.69) is 5.10 Å². The van der Waals surface area contributed by atoms with Crippen molar-refractivity contribution in [2.75, 3.05) is 7.11 Å². The van der Waals surface area contributed by atoms with Gasteiger partial charge in [-0.2, -0.15) is 5.10 Å². The van der Waals surface area contributed by atoms with Gasteiger partial charge in [-0.15, -0.1) is 0 Å². The third kappa shape index (κ3) is 2.66. The number of hydrogen-bond donors (Lipinski definition) is 1. The van der Waals surface area contributed by atoms with Crippen molar-refractivity contribution < 1.29 is 9.53 Å². The average molecular weight is 239 g/mol. The van der Waals surface area contributed by atoms with E-state index in [1.54, 1.807) is 10.9 Å². The van der Waals surface area contributed by atoms with E-state index in [1.165, 1.54) is 7.11 Å². The lowest BCUT2D eigenvalue weighted by molar-refractivity contribution is 0.0900. The molecule has 0 aromatic carbocycles. The van der Waals surface area contributed by atoms with Gasteiger partial charge in [0.2, 0.25) is 0 Å². The molecule has 2 N–H and O–H groups in total. The summed E-state index contributed by atoms with van der Waals surface area (Å²) in [7, 11) is 1.54. The summed E-state index contributed by atoms with van der Waals surface area (Å²) in [5.41, 5.74) is 6.28. The van der Waals surface area contributed by atoms with Crippen LogP contribution in [0.5, 0.6) is 5.75 Å². The number of carbonyl (C=O) groups excluding carboxylic acids is 1. The standard InChI is InChI=1S/C12H21N3O2/c1-7(2)15-11(10(17-5)6-14-15)12(16)8(3)9(4)13/h6-9H,13H2,1-5H3. The van der Waals surface area contributed by atoms with Crippen LogP contribution in [0, 0.1) is 5.92 Å². The largest absolute Gasteiger partial charge is 0.493 e. The third-order valence-corrected chi connectivity index (χ3v) is 2.91. The monoisotopic (exact) mass is 239 g/mol. The van der Waals surface area contributed by atoms with Crippen molar-refractivity contribution in [1.29, 1.82) is 0 Å². The Morgan fingerprint density at radius 3 is 2.41 bits per heavy atom. The molecule has 96 valence electrons. The van der Waals surface area contributed by atoms with Crippen molar-refractivity contribution in [3.05, 3.63) is 11.9 Å². The SMILES string of the molecule is COc1cnn(C(C)C)c1C(=O)C(C)C(C)N. The quantitative estimate of drug-likeness (QED) is 0.793. The molecule has 0 fully saturated rings. The Kier molecular flexibility index (Phi) is 4.28. The van der Waals surface area contributed by atoms with Crippen LogP contribution in [0.15, 0.2) is 6.20 Å². The number of methoxy groups -OCH3 is 1. The van der Waals surface area contributed by atoms with Gasteiger partial charge in [0.1, 0.15) is 5.69 Å². The Morgan fingerprint density at radius 1 is 1.41 bits per heavy atom. The fourth-order valence-corrected chi connectivity index (χ4v) is 1.58. The van der Waals surface area contributed by atoms with Gasteiger partial charge in [0.15, 0.2) is 11.5 Å². The molecule has 0 aliphatic rings. The zero-order valence-electron chi connectivity index (χ0n) is 11.1. The van der Waals surface area contributed by atoms with Gasteiger partial charge in [-0.25, -0.2) is 0 Å². The van der Waals surface area contributed by atoms with Crippen LogP contribution in [0.3, 0.4) is 0 Å². The molecule has 0 amide bonds. The van der Waals surface area contributed by atoms with Gasteiger partial charge in [-0.05, 0) is 20.8 Å². The maximum atomic E-state index is 12.3. The molecule has 0 bridgehead atoms. The number of carbonyl (C=O) groups is 1. The maximum absolute atomic E-state index is 12.3. The molecule has 2 atom stereocenters. The Bertz CT molecular complexity index is 396. The first kappa shape index (κ1) is 13.7. The lowest BCUT2D eigenvalue weighted by Crippen LogP contribution is -2.32. The Balaban J connectivity index is 3.18. The Labute approximate surface area is 102 Å². The predicted molar refractivity (Wildman–Crippen MR) is 66.3 cm³/mol. The molecule has 0 saturated carbocycles. The second-order valence-electron chi connectivity index (χ2n) is 4.61. The van der Waals surface area contributed by atoms with Gasteiger partial charge < -0.3 is 10.5 Å². The van der Waals surface area contributed by atoms with Crippen LogP contribution < -0.4 is 10.5 Å². The van der Waals surface area contributed by atoms with E-state index < -0.39 is 0 Å². The van der Waals surface area contributed by atoms with Crippen LogP contribution >= 0.6 is 0 Å². The molecule has 0 aliphatic carbocycles. The van der Waals surface area contributed by atoms with Crippen molar-refractivity contribution in [3.8, 4) is 5.75 Å². The number of rotatable bonds is 5. The van der Waals surface area contributed by atoms with E-state index in [1.807, 2.05) is 27.7 Å². The van der Waals surface area contributed by atoms with Crippen LogP contribution in [0.4, 0.5) is 0 Å². The summed E-state index contributed by atoms with van der Waals surface area (Å²) in [6.45, 7) is 7.59. The second-order valence-corrected chi connectivity index (χ2v) is 4.61. The highest BCUT2D eigenvalue weighted by molar-refractivity contribution is 5.99. The van der Waals surface area contributed by atoms with Crippen molar-refractivity contribution in [2.45, 2.75) is 39.8 Å². The van der Waals surface area contributed by atoms with Gasteiger partial charge in [-0.1, -0.05) is 6.92 Å². The van der Waals surface area contributed by atoms with Crippen LogP contribution in [-0.2, 0) is 0 Å². The first-order valence-corrected chi connectivity index (χ1v) is 5.81. The molecular formula is C12H21N3O2. The zero-order chi connectivity index (χ0) is 13.2. The molecule has 0 spiro atoms. The molecular weight excluding hydrogens is 218 g/mol. The molecule has 1 aromatic rings. The summed E-state index contributed by atoms with van der Waals surface area (Å²) in [5.74, 6) is 0.234. The predicted octanol–water partition coefficient (Wildman–Crippen LogP) is 1.64. The van der Waals surface area contributed by atoms with Gasteiger partial charge in [0, 0.05) is 18.0 Å². The van der Waals surface area contributed by atoms with Gasteiger partial charge in [0.05, 0.1) is 13.3 Å². The van der Waals surface area contributed by atoms with Crippen LogP contribution in [0.25, 0.3) is 0 Å². The van der Waals surface area contributed by atoms with Gasteiger partial charge >= 0.3 is 0 Å². The van der Waals surface area contributed by atoms with Crippen LogP contribution in [-0.4, -0.2) is 28.7 Å². The molecule has 5 heteroatoms. The Morgan fingerprint density at radius 2 is 2.00 bits per heavy atom. The summed E-state index contributed by atoms with van der Waals surface area (Å²) in [5, 5.41) is 4.18. The van der Waals surface area contributed by atoms with Gasteiger partial charge in [-0.3, -0.25) is 9.48 Å². The highest BCUT2D eigenvalue weighted by Crippen LogP contribution is 2.24. The third-order valence-electron chi connectivity index (χ3n) is 2.91. The molecule has 1 rings (SSSR count). The van der Waals surface area contributed by atoms with E-state index in [-0.39, 0.29) is 23.8 Å².